The van der Waals surface area contributed by atoms with Gasteiger partial charge in [-0.25, -0.2) is 4.79 Å². The van der Waals surface area contributed by atoms with E-state index in [4.69, 9.17) is 4.74 Å². The number of esters is 1. The molecular formula is C8H12O2. The Kier molecular flexibility index (Phi) is 1.79. The molecule has 1 fully saturated rings. The van der Waals surface area contributed by atoms with Crippen molar-refractivity contribution in [1.82, 2.24) is 0 Å². The number of hydrogen-bond acceptors (Lipinski definition) is 2. The maximum atomic E-state index is 10.8. The minimum Gasteiger partial charge on any atom is -0.458 e. The zero-order valence-electron chi connectivity index (χ0n) is 6.39. The molecule has 10 heavy (non-hydrogen) atoms. The largest absolute Gasteiger partial charge is 0.458 e. The van der Waals surface area contributed by atoms with E-state index in [1.165, 1.54) is 0 Å². The monoisotopic (exact) mass is 140 g/mol. The lowest BCUT2D eigenvalue weighted by atomic mass is 9.98. The first-order chi connectivity index (χ1) is 4.66. The van der Waals surface area contributed by atoms with Crippen LogP contribution in [0.5, 0.6) is 0 Å². The van der Waals surface area contributed by atoms with Gasteiger partial charge in [0.15, 0.2) is 0 Å². The van der Waals surface area contributed by atoms with Crippen LogP contribution < -0.4 is 0 Å². The van der Waals surface area contributed by atoms with E-state index in [0.717, 1.165) is 6.42 Å². The Morgan fingerprint density at radius 1 is 1.70 bits per heavy atom. The first-order valence-electron chi connectivity index (χ1n) is 3.56. The van der Waals surface area contributed by atoms with Gasteiger partial charge in [0.1, 0.15) is 6.10 Å². The summed E-state index contributed by atoms with van der Waals surface area (Å²) >= 11 is 0. The lowest BCUT2D eigenvalue weighted by molar-refractivity contribution is -0.139. The molecule has 0 unspecified atom stereocenters. The number of carbonyl (C=O) groups is 1. The van der Waals surface area contributed by atoms with E-state index in [2.05, 4.69) is 6.58 Å². The molecule has 0 saturated carbocycles. The molecule has 0 aliphatic carbocycles. The van der Waals surface area contributed by atoms with Gasteiger partial charge in [-0.2, -0.15) is 0 Å². The molecule has 2 atom stereocenters. The molecular weight excluding hydrogens is 128 g/mol. The molecule has 0 bridgehead atoms. The van der Waals surface area contributed by atoms with Crippen LogP contribution in [0.4, 0.5) is 0 Å². The van der Waals surface area contributed by atoms with Gasteiger partial charge in [-0.1, -0.05) is 20.4 Å². The molecule has 2 nitrogen and oxygen atoms in total. The minimum atomic E-state index is -0.223. The smallest absolute Gasteiger partial charge is 0.334 e. The Bertz CT molecular complexity index is 172. The summed E-state index contributed by atoms with van der Waals surface area (Å²) in [5, 5.41) is 0. The first kappa shape index (κ1) is 7.32. The van der Waals surface area contributed by atoms with Crippen LogP contribution >= 0.6 is 0 Å². The van der Waals surface area contributed by atoms with E-state index in [1.807, 2.05) is 13.8 Å². The summed E-state index contributed by atoms with van der Waals surface area (Å²) in [5.74, 6) is -0.0168. The third-order valence-corrected chi connectivity index (χ3v) is 2.03. The summed E-state index contributed by atoms with van der Waals surface area (Å²) in [5.41, 5.74) is 0.617. The quantitative estimate of drug-likeness (QED) is 0.407. The molecule has 0 aromatic carbocycles. The highest BCUT2D eigenvalue weighted by molar-refractivity contribution is 5.90. The molecule has 2 heteroatoms. The predicted octanol–water partition coefficient (Wildman–Crippen LogP) is 1.51. The molecule has 56 valence electrons. The van der Waals surface area contributed by atoms with Gasteiger partial charge in [-0.15, -0.1) is 0 Å². The number of carbonyl (C=O) groups excluding carboxylic acids is 1. The van der Waals surface area contributed by atoms with Crippen LogP contribution in [-0.4, -0.2) is 12.1 Å². The van der Waals surface area contributed by atoms with E-state index in [9.17, 15) is 4.79 Å². The molecule has 0 spiro atoms. The Labute approximate surface area is 60.9 Å². The van der Waals surface area contributed by atoms with E-state index in [0.29, 0.717) is 5.57 Å². The van der Waals surface area contributed by atoms with Gasteiger partial charge in [0.05, 0.1) is 0 Å². The van der Waals surface area contributed by atoms with Crippen molar-refractivity contribution in [1.29, 1.82) is 0 Å². The second-order valence-corrected chi connectivity index (χ2v) is 2.67. The van der Waals surface area contributed by atoms with Gasteiger partial charge in [0, 0.05) is 11.5 Å². The molecule has 0 N–H and O–H groups in total. The summed E-state index contributed by atoms with van der Waals surface area (Å²) in [4.78, 5) is 10.8. The number of cyclic esters (lactones) is 1. The minimum absolute atomic E-state index is 0.0694. The van der Waals surface area contributed by atoms with Crippen LogP contribution in [0.1, 0.15) is 20.3 Å². The Hall–Kier alpha value is -0.790. The second kappa shape index (κ2) is 2.45. The van der Waals surface area contributed by atoms with E-state index in [1.54, 1.807) is 0 Å². The van der Waals surface area contributed by atoms with Gasteiger partial charge in [0.25, 0.3) is 0 Å². The molecule has 1 aliphatic rings. The Morgan fingerprint density at radius 2 is 2.30 bits per heavy atom. The van der Waals surface area contributed by atoms with Crippen molar-refractivity contribution >= 4 is 5.97 Å². The molecule has 1 saturated heterocycles. The summed E-state index contributed by atoms with van der Waals surface area (Å²) in [6, 6.07) is 0. The summed E-state index contributed by atoms with van der Waals surface area (Å²) < 4.78 is 5.00. The molecule has 0 aromatic heterocycles. The number of rotatable bonds is 1. The van der Waals surface area contributed by atoms with Crippen molar-refractivity contribution in [2.45, 2.75) is 26.4 Å². The standard InChI is InChI=1S/C8H12O2/c1-4-7-5(2)6(3)8(9)10-7/h5,7H,3-4H2,1-2H3/t5-,7-/m0/s1. The average Bonchev–Trinajstić information content (AvgIpc) is 2.17. The fraction of sp³-hybridized carbons (Fsp3) is 0.625. The Balaban J connectivity index is 2.71. The third kappa shape index (κ3) is 0.939. The van der Waals surface area contributed by atoms with E-state index < -0.39 is 0 Å². The summed E-state index contributed by atoms with van der Waals surface area (Å²) in [6.07, 6.45) is 0.950. The van der Waals surface area contributed by atoms with E-state index >= 15 is 0 Å². The second-order valence-electron chi connectivity index (χ2n) is 2.67. The highest BCUT2D eigenvalue weighted by atomic mass is 16.5. The van der Waals surface area contributed by atoms with Crippen molar-refractivity contribution in [3.63, 3.8) is 0 Å². The fourth-order valence-electron chi connectivity index (χ4n) is 1.16. The van der Waals surface area contributed by atoms with E-state index in [-0.39, 0.29) is 18.0 Å². The van der Waals surface area contributed by atoms with Crippen molar-refractivity contribution in [3.8, 4) is 0 Å². The third-order valence-electron chi connectivity index (χ3n) is 2.03. The van der Waals surface area contributed by atoms with Crippen molar-refractivity contribution < 1.29 is 9.53 Å². The summed E-state index contributed by atoms with van der Waals surface area (Å²) in [6.45, 7) is 7.62. The van der Waals surface area contributed by atoms with Crippen molar-refractivity contribution in [2.75, 3.05) is 0 Å². The van der Waals surface area contributed by atoms with Crippen LogP contribution in [0.15, 0.2) is 12.2 Å². The molecule has 0 radical (unpaired) electrons. The maximum absolute atomic E-state index is 10.8. The number of ether oxygens (including phenoxy) is 1. The van der Waals surface area contributed by atoms with Gasteiger partial charge in [0.2, 0.25) is 0 Å². The zero-order chi connectivity index (χ0) is 7.72. The highest BCUT2D eigenvalue weighted by Crippen LogP contribution is 2.27. The van der Waals surface area contributed by atoms with Gasteiger partial charge >= 0.3 is 5.97 Å². The van der Waals surface area contributed by atoms with Gasteiger partial charge in [-0.05, 0) is 6.42 Å². The molecule has 0 amide bonds. The average molecular weight is 140 g/mol. The SMILES string of the molecule is C=C1C(=O)O[C@@H](CC)[C@H]1C. The Morgan fingerprint density at radius 3 is 2.50 bits per heavy atom. The van der Waals surface area contributed by atoms with Crippen LogP contribution in [-0.2, 0) is 9.53 Å². The van der Waals surface area contributed by atoms with Crippen molar-refractivity contribution in [2.24, 2.45) is 5.92 Å². The highest BCUT2D eigenvalue weighted by Gasteiger charge is 2.33. The number of hydrogen-bond donors (Lipinski definition) is 0. The topological polar surface area (TPSA) is 26.3 Å². The predicted molar refractivity (Wildman–Crippen MR) is 38.5 cm³/mol. The fourth-order valence-corrected chi connectivity index (χ4v) is 1.16. The van der Waals surface area contributed by atoms with Crippen LogP contribution in [0.25, 0.3) is 0 Å². The normalized spacial score (nSPS) is 32.6. The molecule has 1 heterocycles. The lowest BCUT2D eigenvalue weighted by Crippen LogP contribution is -2.11. The van der Waals surface area contributed by atoms with Crippen LogP contribution in [0.2, 0.25) is 0 Å². The maximum Gasteiger partial charge on any atom is 0.334 e. The first-order valence-corrected chi connectivity index (χ1v) is 3.56. The zero-order valence-corrected chi connectivity index (χ0v) is 6.39. The van der Waals surface area contributed by atoms with Gasteiger partial charge in [-0.3, -0.25) is 0 Å². The van der Waals surface area contributed by atoms with Crippen molar-refractivity contribution in [3.05, 3.63) is 12.2 Å². The van der Waals surface area contributed by atoms with Gasteiger partial charge < -0.3 is 4.74 Å². The van der Waals surface area contributed by atoms with Crippen LogP contribution in [0.3, 0.4) is 0 Å². The molecule has 0 aromatic rings. The molecule has 1 aliphatic heterocycles. The van der Waals surface area contributed by atoms with Crippen LogP contribution in [0, 0.1) is 5.92 Å². The molecule has 1 rings (SSSR count). The summed E-state index contributed by atoms with van der Waals surface area (Å²) in [7, 11) is 0. The lowest BCUT2D eigenvalue weighted by Gasteiger charge is -2.08.